The highest BCUT2D eigenvalue weighted by Crippen LogP contribution is 2.31. The van der Waals surface area contributed by atoms with E-state index >= 15 is 0 Å². The van der Waals surface area contributed by atoms with E-state index in [1.54, 1.807) is 18.3 Å². The van der Waals surface area contributed by atoms with Gasteiger partial charge in [-0.2, -0.15) is 0 Å². The third-order valence-electron chi connectivity index (χ3n) is 2.01. The van der Waals surface area contributed by atoms with Crippen molar-refractivity contribution >= 4 is 56.3 Å². The van der Waals surface area contributed by atoms with Crippen LogP contribution in [0.1, 0.15) is 10.4 Å². The van der Waals surface area contributed by atoms with Gasteiger partial charge in [-0.3, -0.25) is 9.78 Å². The van der Waals surface area contributed by atoms with Gasteiger partial charge in [-0.1, -0.05) is 23.2 Å². The molecule has 2 aromatic heterocycles. The highest BCUT2D eigenvalue weighted by atomic mass is 79.9. The van der Waals surface area contributed by atoms with Crippen molar-refractivity contribution in [2.24, 2.45) is 0 Å². The lowest BCUT2D eigenvalue weighted by Crippen LogP contribution is -2.11. The molecule has 7 heteroatoms. The van der Waals surface area contributed by atoms with Gasteiger partial charge >= 0.3 is 0 Å². The first-order valence-corrected chi connectivity index (χ1v) is 7.14. The predicted octanol–water partition coefficient (Wildman–Crippen LogP) is 4.47. The average Bonchev–Trinajstić information content (AvgIpc) is 2.66. The molecular formula is C11H6BrCl2NO2S. The normalized spacial score (nSPS) is 10.4. The van der Waals surface area contributed by atoms with E-state index in [1.807, 2.05) is 0 Å². The molecule has 0 bridgehead atoms. The van der Waals surface area contributed by atoms with E-state index in [9.17, 15) is 4.79 Å². The summed E-state index contributed by atoms with van der Waals surface area (Å²) < 4.78 is 6.96. The minimum atomic E-state index is -0.219. The van der Waals surface area contributed by atoms with Crippen LogP contribution < -0.4 is 4.74 Å². The van der Waals surface area contributed by atoms with Crippen molar-refractivity contribution < 1.29 is 9.53 Å². The van der Waals surface area contributed by atoms with Crippen LogP contribution in [0.15, 0.2) is 29.0 Å². The lowest BCUT2D eigenvalue weighted by Gasteiger charge is -2.04. The molecule has 0 unspecified atom stereocenters. The van der Waals surface area contributed by atoms with Crippen molar-refractivity contribution in [3.05, 3.63) is 43.2 Å². The first-order chi connectivity index (χ1) is 8.56. The zero-order chi connectivity index (χ0) is 13.1. The third kappa shape index (κ3) is 3.45. The summed E-state index contributed by atoms with van der Waals surface area (Å²) in [5, 5.41) is 0. The second kappa shape index (κ2) is 6.02. The minimum absolute atomic E-state index is 0.106. The average molecular weight is 367 g/mol. The van der Waals surface area contributed by atoms with E-state index in [-0.39, 0.29) is 12.4 Å². The number of halogens is 3. The van der Waals surface area contributed by atoms with E-state index in [1.165, 1.54) is 6.20 Å². The molecule has 0 N–H and O–H groups in total. The molecule has 0 saturated heterocycles. The number of ketones is 1. The van der Waals surface area contributed by atoms with Crippen LogP contribution in [0.4, 0.5) is 0 Å². The number of carbonyl (C=O) groups excluding carboxylic acids is 1. The minimum Gasteiger partial charge on any atom is -0.484 e. The summed E-state index contributed by atoms with van der Waals surface area (Å²) in [6, 6.07) is 3.27. The van der Waals surface area contributed by atoms with Gasteiger partial charge in [-0.05, 0) is 28.1 Å². The Balaban J connectivity index is 2.03. The quantitative estimate of drug-likeness (QED) is 0.749. The SMILES string of the molecule is O=C(COc1cncc(Br)c1)c1cc(Cl)sc1Cl. The molecule has 2 rings (SSSR count). The van der Waals surface area contributed by atoms with Gasteiger partial charge < -0.3 is 4.74 Å². The Hall–Kier alpha value is -0.620. The molecule has 0 radical (unpaired) electrons. The van der Waals surface area contributed by atoms with E-state index in [0.717, 1.165) is 15.8 Å². The van der Waals surface area contributed by atoms with E-state index in [4.69, 9.17) is 27.9 Å². The topological polar surface area (TPSA) is 39.2 Å². The molecule has 0 saturated carbocycles. The fourth-order valence-electron chi connectivity index (χ4n) is 1.23. The van der Waals surface area contributed by atoms with Gasteiger partial charge in [0, 0.05) is 10.7 Å². The summed E-state index contributed by atoms with van der Waals surface area (Å²) in [6.07, 6.45) is 3.16. The van der Waals surface area contributed by atoms with Gasteiger partial charge in [-0.15, -0.1) is 11.3 Å². The summed E-state index contributed by atoms with van der Waals surface area (Å²) in [6.45, 7) is -0.106. The van der Waals surface area contributed by atoms with E-state index in [2.05, 4.69) is 20.9 Å². The monoisotopic (exact) mass is 365 g/mol. The van der Waals surface area contributed by atoms with Gasteiger partial charge in [0.15, 0.2) is 6.61 Å². The maximum Gasteiger partial charge on any atom is 0.202 e. The molecule has 0 aliphatic rings. The predicted molar refractivity (Wildman–Crippen MR) is 76.1 cm³/mol. The highest BCUT2D eigenvalue weighted by molar-refractivity contribution is 9.10. The molecule has 0 aliphatic heterocycles. The van der Waals surface area contributed by atoms with Crippen LogP contribution in [-0.4, -0.2) is 17.4 Å². The van der Waals surface area contributed by atoms with Crippen LogP contribution in [0.25, 0.3) is 0 Å². The number of thiophene rings is 1. The Morgan fingerprint density at radius 2 is 2.17 bits per heavy atom. The standard InChI is InChI=1S/C11H6BrCl2NO2S/c12-6-1-7(4-15-3-6)17-5-9(16)8-2-10(13)18-11(8)14/h1-4H,5H2. The lowest BCUT2D eigenvalue weighted by molar-refractivity contribution is 0.0922. The van der Waals surface area contributed by atoms with Crippen LogP contribution in [0.2, 0.25) is 8.67 Å². The number of nitrogens with zero attached hydrogens (tertiary/aromatic N) is 1. The Kier molecular flexibility index (Phi) is 4.61. The van der Waals surface area contributed by atoms with Crippen molar-refractivity contribution in [2.45, 2.75) is 0 Å². The summed E-state index contributed by atoms with van der Waals surface area (Å²) >= 11 is 16.1. The smallest absolute Gasteiger partial charge is 0.202 e. The third-order valence-corrected chi connectivity index (χ3v) is 3.93. The van der Waals surface area contributed by atoms with Crippen LogP contribution in [0.3, 0.4) is 0 Å². The number of carbonyl (C=O) groups is 1. The van der Waals surface area contributed by atoms with Crippen LogP contribution >= 0.6 is 50.5 Å². The van der Waals surface area contributed by atoms with Gasteiger partial charge in [0.2, 0.25) is 5.78 Å². The number of ether oxygens (including phenoxy) is 1. The van der Waals surface area contributed by atoms with Crippen molar-refractivity contribution in [2.75, 3.05) is 6.61 Å². The van der Waals surface area contributed by atoms with Gasteiger partial charge in [-0.25, -0.2) is 0 Å². The zero-order valence-corrected chi connectivity index (χ0v) is 12.7. The molecule has 0 atom stereocenters. The molecule has 0 spiro atoms. The van der Waals surface area contributed by atoms with Crippen molar-refractivity contribution in [1.29, 1.82) is 0 Å². The fourth-order valence-corrected chi connectivity index (χ4v) is 3.07. The molecular weight excluding hydrogens is 361 g/mol. The van der Waals surface area contributed by atoms with Crippen LogP contribution in [0.5, 0.6) is 5.75 Å². The molecule has 94 valence electrons. The molecule has 3 nitrogen and oxygen atoms in total. The first-order valence-electron chi connectivity index (χ1n) is 4.77. The summed E-state index contributed by atoms with van der Waals surface area (Å²) in [7, 11) is 0. The van der Waals surface area contributed by atoms with Crippen molar-refractivity contribution in [3.63, 3.8) is 0 Å². The van der Waals surface area contributed by atoms with Gasteiger partial charge in [0.05, 0.1) is 16.1 Å². The van der Waals surface area contributed by atoms with Crippen molar-refractivity contribution in [1.82, 2.24) is 4.98 Å². The highest BCUT2D eigenvalue weighted by Gasteiger charge is 2.14. The number of hydrogen-bond acceptors (Lipinski definition) is 4. The fraction of sp³-hybridized carbons (Fsp3) is 0.0909. The van der Waals surface area contributed by atoms with Crippen molar-refractivity contribution in [3.8, 4) is 5.75 Å². The van der Waals surface area contributed by atoms with Crippen LogP contribution in [-0.2, 0) is 0 Å². The molecule has 0 aliphatic carbocycles. The van der Waals surface area contributed by atoms with E-state index < -0.39 is 0 Å². The second-order valence-corrected chi connectivity index (χ2v) is 6.49. The molecule has 2 heterocycles. The Labute approximate surface area is 126 Å². The Morgan fingerprint density at radius 1 is 1.39 bits per heavy atom. The van der Waals surface area contributed by atoms with Gasteiger partial charge in [0.25, 0.3) is 0 Å². The largest absolute Gasteiger partial charge is 0.484 e. The Morgan fingerprint density at radius 3 is 2.78 bits per heavy atom. The first kappa shape index (κ1) is 13.8. The summed E-state index contributed by atoms with van der Waals surface area (Å²) in [5.74, 6) is 0.290. The zero-order valence-electron chi connectivity index (χ0n) is 8.82. The lowest BCUT2D eigenvalue weighted by atomic mass is 10.2. The Bertz CT molecular complexity index is 588. The number of pyridine rings is 1. The second-order valence-electron chi connectivity index (χ2n) is 3.29. The summed E-state index contributed by atoms with van der Waals surface area (Å²) in [5.41, 5.74) is 0.384. The molecule has 2 aromatic rings. The van der Waals surface area contributed by atoms with Crippen LogP contribution in [0, 0.1) is 0 Å². The molecule has 0 fully saturated rings. The number of hydrogen-bond donors (Lipinski definition) is 0. The maximum atomic E-state index is 11.8. The maximum absolute atomic E-state index is 11.8. The van der Waals surface area contributed by atoms with E-state index in [0.29, 0.717) is 20.0 Å². The van der Waals surface area contributed by atoms with Gasteiger partial charge in [0.1, 0.15) is 10.1 Å². The molecule has 0 amide bonds. The number of rotatable bonds is 4. The summed E-state index contributed by atoms with van der Waals surface area (Å²) in [4.78, 5) is 15.8. The molecule has 18 heavy (non-hydrogen) atoms. The number of aromatic nitrogens is 1. The number of Topliss-reactive ketones (excluding diaryl/α,β-unsaturated/α-hetero) is 1. The molecule has 0 aromatic carbocycles.